The van der Waals surface area contributed by atoms with Gasteiger partial charge in [0.2, 0.25) is 5.91 Å². The SMILES string of the molecule is O=C(/C=C/c1ccccc1OC(F)F)N1CCN(c2ccccn2)CC1. The number of hydrogen-bond acceptors (Lipinski definition) is 4. The maximum atomic E-state index is 12.4. The third-order valence-electron chi connectivity index (χ3n) is 4.11. The van der Waals surface area contributed by atoms with Crippen LogP contribution in [0.4, 0.5) is 14.6 Å². The lowest BCUT2D eigenvalue weighted by atomic mass is 10.2. The summed E-state index contributed by atoms with van der Waals surface area (Å²) in [7, 11) is 0. The summed E-state index contributed by atoms with van der Waals surface area (Å²) in [5.74, 6) is 0.789. The van der Waals surface area contributed by atoms with Gasteiger partial charge in [0.25, 0.3) is 0 Å². The summed E-state index contributed by atoms with van der Waals surface area (Å²) in [5.41, 5.74) is 0.438. The fourth-order valence-electron chi connectivity index (χ4n) is 2.78. The zero-order valence-corrected chi connectivity index (χ0v) is 14.1. The van der Waals surface area contributed by atoms with Gasteiger partial charge in [0.1, 0.15) is 11.6 Å². The molecule has 26 heavy (non-hydrogen) atoms. The van der Waals surface area contributed by atoms with Gasteiger partial charge in [0.15, 0.2) is 0 Å². The number of carbonyl (C=O) groups is 1. The van der Waals surface area contributed by atoms with E-state index in [9.17, 15) is 13.6 Å². The van der Waals surface area contributed by atoms with E-state index in [1.807, 2.05) is 18.2 Å². The smallest absolute Gasteiger partial charge is 0.387 e. The Labute approximate surface area is 150 Å². The molecule has 0 N–H and O–H groups in total. The van der Waals surface area contributed by atoms with Crippen molar-refractivity contribution in [1.29, 1.82) is 0 Å². The highest BCUT2D eigenvalue weighted by molar-refractivity contribution is 5.92. The molecule has 1 saturated heterocycles. The fraction of sp³-hybridized carbons (Fsp3) is 0.263. The second kappa shape index (κ2) is 8.42. The Bertz CT molecular complexity index is 760. The first-order valence-corrected chi connectivity index (χ1v) is 8.30. The molecule has 1 amide bonds. The number of carbonyl (C=O) groups excluding carboxylic acids is 1. The molecule has 0 unspecified atom stereocenters. The monoisotopic (exact) mass is 359 g/mol. The molecule has 136 valence electrons. The number of halogens is 2. The summed E-state index contributed by atoms with van der Waals surface area (Å²) >= 11 is 0. The van der Waals surface area contributed by atoms with Crippen molar-refractivity contribution in [3.63, 3.8) is 0 Å². The average Bonchev–Trinajstić information content (AvgIpc) is 2.67. The van der Waals surface area contributed by atoms with Gasteiger partial charge >= 0.3 is 6.61 Å². The van der Waals surface area contributed by atoms with Crippen LogP contribution in [0.25, 0.3) is 6.08 Å². The van der Waals surface area contributed by atoms with E-state index in [-0.39, 0.29) is 11.7 Å². The zero-order valence-electron chi connectivity index (χ0n) is 14.1. The topological polar surface area (TPSA) is 45.7 Å². The minimum Gasteiger partial charge on any atom is -0.434 e. The molecular weight excluding hydrogens is 340 g/mol. The van der Waals surface area contributed by atoms with Crippen molar-refractivity contribution in [1.82, 2.24) is 9.88 Å². The van der Waals surface area contributed by atoms with Gasteiger partial charge in [-0.25, -0.2) is 4.98 Å². The van der Waals surface area contributed by atoms with Crippen LogP contribution in [0.3, 0.4) is 0 Å². The lowest BCUT2D eigenvalue weighted by Gasteiger charge is -2.34. The molecule has 1 aliphatic rings. The number of rotatable bonds is 5. The number of pyridine rings is 1. The molecule has 0 saturated carbocycles. The summed E-state index contributed by atoms with van der Waals surface area (Å²) in [4.78, 5) is 20.5. The first kappa shape index (κ1) is 17.8. The molecule has 1 aliphatic heterocycles. The number of para-hydroxylation sites is 1. The maximum absolute atomic E-state index is 12.4. The molecule has 0 aliphatic carbocycles. The normalized spacial score (nSPS) is 14.9. The van der Waals surface area contributed by atoms with Gasteiger partial charge in [0.05, 0.1) is 0 Å². The van der Waals surface area contributed by atoms with Gasteiger partial charge in [-0.1, -0.05) is 24.3 Å². The lowest BCUT2D eigenvalue weighted by molar-refractivity contribution is -0.126. The number of piperazine rings is 1. The Morgan fingerprint density at radius 3 is 2.50 bits per heavy atom. The maximum Gasteiger partial charge on any atom is 0.387 e. The summed E-state index contributed by atoms with van der Waals surface area (Å²) in [5, 5.41) is 0. The van der Waals surface area contributed by atoms with E-state index in [1.54, 1.807) is 29.3 Å². The molecule has 3 rings (SSSR count). The number of amides is 1. The molecule has 2 aromatic rings. The summed E-state index contributed by atoms with van der Waals surface area (Å²) in [6.45, 7) is -0.354. The quantitative estimate of drug-likeness (QED) is 0.770. The number of alkyl halides is 2. The molecule has 1 aromatic carbocycles. The van der Waals surface area contributed by atoms with Crippen LogP contribution in [0.5, 0.6) is 5.75 Å². The van der Waals surface area contributed by atoms with Crippen LogP contribution in [-0.2, 0) is 4.79 Å². The predicted molar refractivity (Wildman–Crippen MR) is 95.1 cm³/mol. The van der Waals surface area contributed by atoms with Crippen LogP contribution in [0.15, 0.2) is 54.7 Å². The Hall–Kier alpha value is -2.96. The van der Waals surface area contributed by atoms with E-state index < -0.39 is 6.61 Å². The predicted octanol–water partition coefficient (Wildman–Crippen LogP) is 3.05. The van der Waals surface area contributed by atoms with Crippen molar-refractivity contribution in [2.24, 2.45) is 0 Å². The van der Waals surface area contributed by atoms with E-state index in [0.29, 0.717) is 31.7 Å². The van der Waals surface area contributed by atoms with Crippen molar-refractivity contribution in [2.45, 2.75) is 6.61 Å². The molecule has 1 aromatic heterocycles. The van der Waals surface area contributed by atoms with Gasteiger partial charge in [0, 0.05) is 44.0 Å². The summed E-state index contributed by atoms with van der Waals surface area (Å²) < 4.78 is 29.3. The fourth-order valence-corrected chi connectivity index (χ4v) is 2.78. The molecular formula is C19H19F2N3O2. The third kappa shape index (κ3) is 4.56. The van der Waals surface area contributed by atoms with Gasteiger partial charge < -0.3 is 14.5 Å². The minimum absolute atomic E-state index is 0.0477. The molecule has 0 atom stereocenters. The number of nitrogens with zero attached hydrogens (tertiary/aromatic N) is 3. The molecule has 5 nitrogen and oxygen atoms in total. The van der Waals surface area contributed by atoms with Gasteiger partial charge in [-0.05, 0) is 24.3 Å². The zero-order chi connectivity index (χ0) is 18.4. The third-order valence-corrected chi connectivity index (χ3v) is 4.11. The number of anilines is 1. The van der Waals surface area contributed by atoms with Crippen LogP contribution < -0.4 is 9.64 Å². The van der Waals surface area contributed by atoms with Crippen LogP contribution >= 0.6 is 0 Å². The van der Waals surface area contributed by atoms with Crippen LogP contribution in [0, 0.1) is 0 Å². The Morgan fingerprint density at radius 2 is 1.81 bits per heavy atom. The molecule has 0 spiro atoms. The summed E-state index contributed by atoms with van der Waals surface area (Å²) in [6, 6.07) is 12.1. The van der Waals surface area contributed by atoms with Crippen LogP contribution in [0.1, 0.15) is 5.56 Å². The Kier molecular flexibility index (Phi) is 5.78. The largest absolute Gasteiger partial charge is 0.434 e. The highest BCUT2D eigenvalue weighted by Crippen LogP contribution is 2.21. The number of hydrogen-bond donors (Lipinski definition) is 0. The molecule has 0 radical (unpaired) electrons. The standard InChI is InChI=1S/C19H19F2N3O2/c20-19(21)26-16-6-2-1-5-15(16)8-9-18(25)24-13-11-23(12-14-24)17-7-3-4-10-22-17/h1-10,19H,11-14H2/b9-8+. The molecule has 7 heteroatoms. The first-order valence-electron chi connectivity index (χ1n) is 8.30. The van der Waals surface area contributed by atoms with E-state index in [2.05, 4.69) is 14.6 Å². The van der Waals surface area contributed by atoms with Crippen LogP contribution in [0.2, 0.25) is 0 Å². The van der Waals surface area contributed by atoms with Crippen molar-refractivity contribution in [3.8, 4) is 5.75 Å². The van der Waals surface area contributed by atoms with Gasteiger partial charge in [-0.2, -0.15) is 8.78 Å². The number of benzene rings is 1. The highest BCUT2D eigenvalue weighted by atomic mass is 19.3. The Morgan fingerprint density at radius 1 is 1.08 bits per heavy atom. The van der Waals surface area contributed by atoms with Gasteiger partial charge in [-0.15, -0.1) is 0 Å². The van der Waals surface area contributed by atoms with Crippen molar-refractivity contribution >= 4 is 17.8 Å². The van der Waals surface area contributed by atoms with E-state index in [4.69, 9.17) is 0 Å². The molecule has 0 bridgehead atoms. The number of ether oxygens (including phenoxy) is 1. The molecule has 2 heterocycles. The highest BCUT2D eigenvalue weighted by Gasteiger charge is 2.20. The number of aromatic nitrogens is 1. The summed E-state index contributed by atoms with van der Waals surface area (Å²) in [6.07, 6.45) is 4.64. The minimum atomic E-state index is -2.90. The second-order valence-corrected chi connectivity index (χ2v) is 5.75. The first-order chi connectivity index (χ1) is 12.6. The Balaban J connectivity index is 1.59. The van der Waals surface area contributed by atoms with Crippen molar-refractivity contribution in [3.05, 3.63) is 60.3 Å². The van der Waals surface area contributed by atoms with Crippen LogP contribution in [-0.4, -0.2) is 48.6 Å². The van der Waals surface area contributed by atoms with Gasteiger partial charge in [-0.3, -0.25) is 4.79 Å². The second-order valence-electron chi connectivity index (χ2n) is 5.75. The van der Waals surface area contributed by atoms with E-state index in [1.165, 1.54) is 18.2 Å². The lowest BCUT2D eigenvalue weighted by Crippen LogP contribution is -2.48. The van der Waals surface area contributed by atoms with E-state index in [0.717, 1.165) is 5.82 Å². The molecule has 1 fully saturated rings. The van der Waals surface area contributed by atoms with E-state index >= 15 is 0 Å². The van der Waals surface area contributed by atoms with Crippen molar-refractivity contribution < 1.29 is 18.3 Å². The average molecular weight is 359 g/mol. The van der Waals surface area contributed by atoms with Crippen molar-refractivity contribution in [2.75, 3.05) is 31.1 Å².